The van der Waals surface area contributed by atoms with Crippen molar-refractivity contribution in [1.82, 2.24) is 10.2 Å². The van der Waals surface area contributed by atoms with E-state index in [2.05, 4.69) is 14.9 Å². The number of anilines is 1. The zero-order chi connectivity index (χ0) is 22.3. The van der Waals surface area contributed by atoms with Crippen LogP contribution in [0.25, 0.3) is 0 Å². The van der Waals surface area contributed by atoms with Crippen LogP contribution in [0.2, 0.25) is 5.02 Å². The number of carbonyl (C=O) groups excluding carboxylic acids is 1. The van der Waals surface area contributed by atoms with E-state index in [-0.39, 0.29) is 22.1 Å². The molecule has 2 aromatic carbocycles. The van der Waals surface area contributed by atoms with Gasteiger partial charge in [-0.3, -0.25) is 14.4 Å². The summed E-state index contributed by atoms with van der Waals surface area (Å²) in [5, 5.41) is 3.21. The number of morpholine rings is 1. The lowest BCUT2D eigenvalue weighted by atomic mass is 10.2. The molecule has 0 radical (unpaired) electrons. The molecule has 1 amide bonds. The Morgan fingerprint density at radius 2 is 1.97 bits per heavy atom. The van der Waals surface area contributed by atoms with Gasteiger partial charge in [-0.15, -0.1) is 0 Å². The fourth-order valence-electron chi connectivity index (χ4n) is 3.20. The zero-order valence-corrected chi connectivity index (χ0v) is 18.8. The largest absolute Gasteiger partial charge is 0.495 e. The van der Waals surface area contributed by atoms with Crippen LogP contribution in [0.5, 0.6) is 5.75 Å². The van der Waals surface area contributed by atoms with E-state index in [1.165, 1.54) is 31.4 Å². The molecule has 1 saturated heterocycles. The summed E-state index contributed by atoms with van der Waals surface area (Å²) in [5.41, 5.74) is 0.486. The van der Waals surface area contributed by atoms with E-state index in [0.29, 0.717) is 17.3 Å². The van der Waals surface area contributed by atoms with Gasteiger partial charge in [0.25, 0.3) is 15.9 Å². The highest BCUT2D eigenvalue weighted by molar-refractivity contribution is 7.92. The van der Waals surface area contributed by atoms with Crippen molar-refractivity contribution in [3.8, 4) is 5.75 Å². The Kier molecular flexibility index (Phi) is 8.14. The molecule has 0 aromatic heterocycles. The number of nitrogens with one attached hydrogen (secondary N) is 2. The number of ether oxygens (including phenoxy) is 2. The van der Waals surface area contributed by atoms with Gasteiger partial charge in [0.1, 0.15) is 5.75 Å². The van der Waals surface area contributed by atoms with Gasteiger partial charge >= 0.3 is 0 Å². The molecule has 168 valence electrons. The van der Waals surface area contributed by atoms with E-state index >= 15 is 0 Å². The fraction of sp³-hybridized carbons (Fsp3) is 0.381. The second-order valence-electron chi connectivity index (χ2n) is 7.04. The fourth-order valence-corrected chi connectivity index (χ4v) is 4.48. The van der Waals surface area contributed by atoms with Crippen LogP contribution in [0.1, 0.15) is 16.8 Å². The molecule has 0 saturated carbocycles. The second kappa shape index (κ2) is 10.8. The maximum absolute atomic E-state index is 12.8. The van der Waals surface area contributed by atoms with Gasteiger partial charge in [-0.25, -0.2) is 8.42 Å². The van der Waals surface area contributed by atoms with Crippen molar-refractivity contribution in [1.29, 1.82) is 0 Å². The average molecular weight is 468 g/mol. The summed E-state index contributed by atoms with van der Waals surface area (Å²) in [6.07, 6.45) is 0.805. The minimum Gasteiger partial charge on any atom is -0.495 e. The molecule has 10 heteroatoms. The van der Waals surface area contributed by atoms with Gasteiger partial charge in [0.2, 0.25) is 0 Å². The van der Waals surface area contributed by atoms with Crippen LogP contribution < -0.4 is 14.8 Å². The SMILES string of the molecule is COc1ccc(Cl)cc1NS(=O)(=O)c1cccc(C(=O)NCCCN2CCOCC2)c1. The lowest BCUT2D eigenvalue weighted by Gasteiger charge is -2.26. The second-order valence-corrected chi connectivity index (χ2v) is 9.16. The van der Waals surface area contributed by atoms with E-state index in [4.69, 9.17) is 21.1 Å². The highest BCUT2D eigenvalue weighted by Gasteiger charge is 2.19. The number of rotatable bonds is 9. The number of benzene rings is 2. The van der Waals surface area contributed by atoms with E-state index in [9.17, 15) is 13.2 Å². The molecule has 2 aromatic rings. The molecule has 3 rings (SSSR count). The average Bonchev–Trinajstić information content (AvgIpc) is 2.77. The number of sulfonamides is 1. The van der Waals surface area contributed by atoms with Crippen molar-refractivity contribution in [2.75, 3.05) is 51.2 Å². The Bertz CT molecular complexity index is 1010. The summed E-state index contributed by atoms with van der Waals surface area (Å²) < 4.78 is 38.6. The van der Waals surface area contributed by atoms with Crippen LogP contribution in [0.3, 0.4) is 0 Å². The van der Waals surface area contributed by atoms with E-state index in [1.807, 2.05) is 0 Å². The molecule has 0 aliphatic carbocycles. The predicted molar refractivity (Wildman–Crippen MR) is 119 cm³/mol. The van der Waals surface area contributed by atoms with Gasteiger partial charge in [-0.05, 0) is 49.4 Å². The highest BCUT2D eigenvalue weighted by atomic mass is 35.5. The lowest BCUT2D eigenvalue weighted by molar-refractivity contribution is 0.0374. The third kappa shape index (κ3) is 6.57. The van der Waals surface area contributed by atoms with Crippen LogP contribution in [0.4, 0.5) is 5.69 Å². The van der Waals surface area contributed by atoms with Crippen LogP contribution in [-0.4, -0.2) is 65.7 Å². The molecule has 0 bridgehead atoms. The molecule has 8 nitrogen and oxygen atoms in total. The molecule has 0 atom stereocenters. The summed E-state index contributed by atoms with van der Waals surface area (Å²) in [6.45, 7) is 4.66. The first-order valence-electron chi connectivity index (χ1n) is 9.94. The predicted octanol–water partition coefficient (Wildman–Crippen LogP) is 2.60. The van der Waals surface area contributed by atoms with Gasteiger partial charge in [0.05, 0.1) is 30.9 Å². The monoisotopic (exact) mass is 467 g/mol. The Hall–Kier alpha value is -2.33. The Labute approximate surface area is 187 Å². The van der Waals surface area contributed by atoms with E-state index in [0.717, 1.165) is 39.3 Å². The smallest absolute Gasteiger partial charge is 0.262 e. The van der Waals surface area contributed by atoms with Gasteiger partial charge < -0.3 is 14.8 Å². The highest BCUT2D eigenvalue weighted by Crippen LogP contribution is 2.29. The molecule has 1 aliphatic rings. The minimum atomic E-state index is -3.95. The van der Waals surface area contributed by atoms with Gasteiger partial charge in [0, 0.05) is 30.2 Å². The van der Waals surface area contributed by atoms with Crippen LogP contribution in [0, 0.1) is 0 Å². The summed E-state index contributed by atoms with van der Waals surface area (Å²) in [6, 6.07) is 10.5. The molecule has 1 heterocycles. The van der Waals surface area contributed by atoms with Crippen molar-refractivity contribution in [2.24, 2.45) is 0 Å². The van der Waals surface area contributed by atoms with E-state index < -0.39 is 10.0 Å². The standard InChI is InChI=1S/C21H26ClN3O5S/c1-29-20-7-6-17(22)15-19(20)24-31(27,28)18-5-2-4-16(14-18)21(26)23-8-3-9-25-10-12-30-13-11-25/h2,4-7,14-15,24H,3,8-13H2,1H3,(H,23,26). The molecule has 0 unspecified atom stereocenters. The normalized spacial score (nSPS) is 14.8. The summed E-state index contributed by atoms with van der Waals surface area (Å²) >= 11 is 5.97. The number of carbonyl (C=O) groups is 1. The van der Waals surface area contributed by atoms with Crippen molar-refractivity contribution < 1.29 is 22.7 Å². The maximum atomic E-state index is 12.8. The van der Waals surface area contributed by atoms with Crippen LogP contribution >= 0.6 is 11.6 Å². The third-order valence-electron chi connectivity index (χ3n) is 4.85. The van der Waals surface area contributed by atoms with E-state index in [1.54, 1.807) is 18.2 Å². The molecule has 0 spiro atoms. The van der Waals surface area contributed by atoms with Crippen molar-refractivity contribution in [3.05, 3.63) is 53.1 Å². The number of hydrogen-bond acceptors (Lipinski definition) is 6. The zero-order valence-electron chi connectivity index (χ0n) is 17.3. The van der Waals surface area contributed by atoms with Gasteiger partial charge in [0.15, 0.2) is 0 Å². The topological polar surface area (TPSA) is 97.0 Å². The molecule has 31 heavy (non-hydrogen) atoms. The third-order valence-corrected chi connectivity index (χ3v) is 6.45. The summed E-state index contributed by atoms with van der Waals surface area (Å²) in [5.74, 6) is 0.0153. The molecule has 2 N–H and O–H groups in total. The molecule has 1 aliphatic heterocycles. The van der Waals surface area contributed by atoms with Crippen LogP contribution in [0.15, 0.2) is 47.4 Å². The number of methoxy groups -OCH3 is 1. The number of hydrogen-bond donors (Lipinski definition) is 2. The first kappa shape index (κ1) is 23.3. The first-order valence-corrected chi connectivity index (χ1v) is 11.8. The van der Waals surface area contributed by atoms with Crippen molar-refractivity contribution >= 4 is 33.2 Å². The lowest BCUT2D eigenvalue weighted by Crippen LogP contribution is -2.38. The van der Waals surface area contributed by atoms with Crippen molar-refractivity contribution in [2.45, 2.75) is 11.3 Å². The number of halogens is 1. The first-order chi connectivity index (χ1) is 14.9. The Morgan fingerprint density at radius 3 is 2.71 bits per heavy atom. The van der Waals surface area contributed by atoms with Crippen LogP contribution in [-0.2, 0) is 14.8 Å². The molecule has 1 fully saturated rings. The maximum Gasteiger partial charge on any atom is 0.262 e. The van der Waals surface area contributed by atoms with Gasteiger partial charge in [-0.1, -0.05) is 17.7 Å². The summed E-state index contributed by atoms with van der Waals surface area (Å²) in [4.78, 5) is 14.7. The Morgan fingerprint density at radius 1 is 1.19 bits per heavy atom. The number of amides is 1. The molecular weight excluding hydrogens is 442 g/mol. The van der Waals surface area contributed by atoms with Gasteiger partial charge in [-0.2, -0.15) is 0 Å². The minimum absolute atomic E-state index is 0.0319. The van der Waals surface area contributed by atoms with Crippen molar-refractivity contribution in [3.63, 3.8) is 0 Å². The quantitative estimate of drug-likeness (QED) is 0.550. The molecular formula is C21H26ClN3O5S. The summed E-state index contributed by atoms with van der Waals surface area (Å²) in [7, 11) is -2.51. The number of nitrogens with zero attached hydrogens (tertiary/aromatic N) is 1. The Balaban J connectivity index is 1.62.